The number of anilines is 1. The third-order valence-electron chi connectivity index (χ3n) is 3.17. The van der Waals surface area contributed by atoms with Gasteiger partial charge in [-0.05, 0) is 25.0 Å². The van der Waals surface area contributed by atoms with Crippen molar-refractivity contribution < 1.29 is 0 Å². The second-order valence-corrected chi connectivity index (χ2v) is 7.74. The van der Waals surface area contributed by atoms with E-state index < -0.39 is 0 Å². The Bertz CT molecular complexity index is 611. The molecule has 0 aliphatic rings. The molecule has 2 rings (SSSR count). The first-order valence-electron chi connectivity index (χ1n) is 7.33. The van der Waals surface area contributed by atoms with Crippen LogP contribution in [0.25, 0.3) is 10.6 Å². The van der Waals surface area contributed by atoms with E-state index in [9.17, 15) is 0 Å². The summed E-state index contributed by atoms with van der Waals surface area (Å²) in [6.45, 7) is 13.8. The highest BCUT2D eigenvalue weighted by Gasteiger charge is 2.17. The zero-order valence-electron chi connectivity index (χ0n) is 13.7. The Labute approximate surface area is 131 Å². The lowest BCUT2D eigenvalue weighted by Gasteiger charge is -2.18. The van der Waals surface area contributed by atoms with Crippen LogP contribution in [-0.4, -0.2) is 21.7 Å². The number of rotatable bonds is 4. The summed E-state index contributed by atoms with van der Waals surface area (Å²) in [4.78, 5) is 4.72. The van der Waals surface area contributed by atoms with Gasteiger partial charge in [-0.3, -0.25) is 4.98 Å². The van der Waals surface area contributed by atoms with Crippen LogP contribution in [0.3, 0.4) is 0 Å². The van der Waals surface area contributed by atoms with Crippen LogP contribution in [-0.2, 0) is 5.41 Å². The molecule has 0 saturated carbocycles. The van der Waals surface area contributed by atoms with Gasteiger partial charge in [-0.2, -0.15) is 0 Å². The zero-order valence-corrected chi connectivity index (χ0v) is 14.5. The molecule has 5 heteroatoms. The van der Waals surface area contributed by atoms with E-state index in [1.807, 2.05) is 6.92 Å². The molecule has 21 heavy (non-hydrogen) atoms. The van der Waals surface area contributed by atoms with Gasteiger partial charge in [-0.1, -0.05) is 46.0 Å². The van der Waals surface area contributed by atoms with Gasteiger partial charge in [-0.15, -0.1) is 10.2 Å². The van der Waals surface area contributed by atoms with E-state index in [-0.39, 0.29) is 5.41 Å². The Morgan fingerprint density at radius 1 is 1.19 bits per heavy atom. The molecular formula is C16H24N4S. The highest BCUT2D eigenvalue weighted by atomic mass is 32.1. The molecule has 0 saturated heterocycles. The lowest BCUT2D eigenvalue weighted by molar-refractivity contribution is 0.567. The normalized spacial score (nSPS) is 12.0. The minimum atomic E-state index is 0.0639. The Morgan fingerprint density at radius 3 is 2.48 bits per heavy atom. The van der Waals surface area contributed by atoms with E-state index in [2.05, 4.69) is 62.3 Å². The lowest BCUT2D eigenvalue weighted by Crippen LogP contribution is -2.14. The third-order valence-corrected chi connectivity index (χ3v) is 4.09. The van der Waals surface area contributed by atoms with Crippen molar-refractivity contribution in [3.8, 4) is 10.6 Å². The van der Waals surface area contributed by atoms with E-state index in [1.54, 1.807) is 11.3 Å². The van der Waals surface area contributed by atoms with Crippen LogP contribution in [0, 0.1) is 12.8 Å². The molecule has 0 aromatic carbocycles. The van der Waals surface area contributed by atoms with Gasteiger partial charge in [0.1, 0.15) is 0 Å². The SMILES string of the molecule is Cc1nc(C(C)(C)C)ccc1-c1nnc(NCC(C)C)s1. The first-order valence-corrected chi connectivity index (χ1v) is 8.15. The van der Waals surface area contributed by atoms with Gasteiger partial charge in [0, 0.05) is 28.9 Å². The average molecular weight is 304 g/mol. The fourth-order valence-corrected chi connectivity index (χ4v) is 2.73. The van der Waals surface area contributed by atoms with E-state index in [1.165, 1.54) is 0 Å². The maximum atomic E-state index is 4.72. The van der Waals surface area contributed by atoms with E-state index in [4.69, 9.17) is 4.98 Å². The van der Waals surface area contributed by atoms with Crippen molar-refractivity contribution in [2.75, 3.05) is 11.9 Å². The van der Waals surface area contributed by atoms with Crippen molar-refractivity contribution in [1.82, 2.24) is 15.2 Å². The molecular weight excluding hydrogens is 280 g/mol. The fourth-order valence-electron chi connectivity index (χ4n) is 1.90. The van der Waals surface area contributed by atoms with Crippen molar-refractivity contribution in [2.45, 2.75) is 47.0 Å². The fraction of sp³-hybridized carbons (Fsp3) is 0.562. The van der Waals surface area contributed by atoms with Gasteiger partial charge < -0.3 is 5.32 Å². The Balaban J connectivity index is 2.23. The largest absolute Gasteiger partial charge is 0.360 e. The van der Waals surface area contributed by atoms with Crippen molar-refractivity contribution in [2.24, 2.45) is 5.92 Å². The van der Waals surface area contributed by atoms with Crippen LogP contribution >= 0.6 is 11.3 Å². The molecule has 0 bridgehead atoms. The van der Waals surface area contributed by atoms with Crippen molar-refractivity contribution in [3.05, 3.63) is 23.5 Å². The third kappa shape index (κ3) is 4.00. The smallest absolute Gasteiger partial charge is 0.206 e. The van der Waals surface area contributed by atoms with Gasteiger partial charge in [0.25, 0.3) is 0 Å². The lowest BCUT2D eigenvalue weighted by atomic mass is 9.91. The van der Waals surface area contributed by atoms with Crippen LogP contribution in [0.1, 0.15) is 46.0 Å². The first-order chi connectivity index (χ1) is 9.77. The molecule has 1 N–H and O–H groups in total. The van der Waals surface area contributed by atoms with Crippen LogP contribution < -0.4 is 5.32 Å². The molecule has 0 aliphatic carbocycles. The Morgan fingerprint density at radius 2 is 1.90 bits per heavy atom. The van der Waals surface area contributed by atoms with Crippen LogP contribution in [0.5, 0.6) is 0 Å². The van der Waals surface area contributed by atoms with Crippen LogP contribution in [0.2, 0.25) is 0 Å². The summed E-state index contributed by atoms with van der Waals surface area (Å²) >= 11 is 1.58. The summed E-state index contributed by atoms with van der Waals surface area (Å²) in [6, 6.07) is 4.20. The van der Waals surface area contributed by atoms with Crippen molar-refractivity contribution >= 4 is 16.5 Å². The summed E-state index contributed by atoms with van der Waals surface area (Å²) < 4.78 is 0. The summed E-state index contributed by atoms with van der Waals surface area (Å²) in [5, 5.41) is 13.6. The second kappa shape index (κ2) is 6.10. The number of hydrogen-bond donors (Lipinski definition) is 1. The van der Waals surface area contributed by atoms with Crippen LogP contribution in [0.4, 0.5) is 5.13 Å². The van der Waals surface area contributed by atoms with Crippen LogP contribution in [0.15, 0.2) is 12.1 Å². The maximum absolute atomic E-state index is 4.72. The summed E-state index contributed by atoms with van der Waals surface area (Å²) in [6.07, 6.45) is 0. The zero-order chi connectivity index (χ0) is 15.6. The van der Waals surface area contributed by atoms with Gasteiger partial charge in [-0.25, -0.2) is 0 Å². The number of nitrogens with zero attached hydrogens (tertiary/aromatic N) is 3. The molecule has 0 amide bonds. The highest BCUT2D eigenvalue weighted by Crippen LogP contribution is 2.30. The Kier molecular flexibility index (Phi) is 4.61. The van der Waals surface area contributed by atoms with Gasteiger partial charge in [0.15, 0.2) is 5.01 Å². The second-order valence-electron chi connectivity index (χ2n) is 6.77. The van der Waals surface area contributed by atoms with Crippen molar-refractivity contribution in [3.63, 3.8) is 0 Å². The van der Waals surface area contributed by atoms with Gasteiger partial charge in [0.05, 0.1) is 0 Å². The summed E-state index contributed by atoms with van der Waals surface area (Å²) in [7, 11) is 0. The van der Waals surface area contributed by atoms with E-state index in [0.717, 1.165) is 33.6 Å². The maximum Gasteiger partial charge on any atom is 0.206 e. The van der Waals surface area contributed by atoms with E-state index >= 15 is 0 Å². The molecule has 0 fully saturated rings. The molecule has 0 spiro atoms. The van der Waals surface area contributed by atoms with Crippen molar-refractivity contribution in [1.29, 1.82) is 0 Å². The number of pyridine rings is 1. The number of hydrogen-bond acceptors (Lipinski definition) is 5. The topological polar surface area (TPSA) is 50.7 Å². The average Bonchev–Trinajstić information content (AvgIpc) is 2.83. The number of aromatic nitrogens is 3. The standard InChI is InChI=1S/C16H24N4S/c1-10(2)9-17-15-20-19-14(21-15)12-7-8-13(16(4,5)6)18-11(12)3/h7-8,10H,9H2,1-6H3,(H,17,20). The minimum Gasteiger partial charge on any atom is -0.360 e. The molecule has 4 nitrogen and oxygen atoms in total. The monoisotopic (exact) mass is 304 g/mol. The summed E-state index contributed by atoms with van der Waals surface area (Å²) in [5.41, 5.74) is 3.24. The quantitative estimate of drug-likeness (QED) is 0.916. The molecule has 0 unspecified atom stereocenters. The molecule has 0 aliphatic heterocycles. The van der Waals surface area contributed by atoms with Gasteiger partial charge >= 0.3 is 0 Å². The summed E-state index contributed by atoms with van der Waals surface area (Å²) in [5.74, 6) is 0.590. The predicted octanol–water partition coefficient (Wildman–Crippen LogP) is 4.27. The minimum absolute atomic E-state index is 0.0639. The highest BCUT2D eigenvalue weighted by molar-refractivity contribution is 7.18. The molecule has 0 radical (unpaired) electrons. The molecule has 2 aromatic rings. The number of aryl methyl sites for hydroxylation is 1. The first kappa shape index (κ1) is 15.9. The molecule has 2 aromatic heterocycles. The predicted molar refractivity (Wildman–Crippen MR) is 89.9 cm³/mol. The molecule has 114 valence electrons. The Hall–Kier alpha value is -1.49. The molecule has 2 heterocycles. The number of nitrogens with one attached hydrogen (secondary N) is 1. The molecule has 0 atom stereocenters. The van der Waals surface area contributed by atoms with E-state index in [0.29, 0.717) is 5.92 Å². The van der Waals surface area contributed by atoms with Gasteiger partial charge in [0.2, 0.25) is 5.13 Å².